The maximum Gasteiger partial charge on any atom is 0.187 e. The Kier molecular flexibility index (Phi) is 2.49. The van der Waals surface area contributed by atoms with Crippen molar-refractivity contribution >= 4 is 5.78 Å². The SMILES string of the molecule is CC1CCOC1C(=O)C1=CCCC1. The fraction of sp³-hybridized carbons (Fsp3) is 0.727. The van der Waals surface area contributed by atoms with Gasteiger partial charge in [-0.05, 0) is 37.2 Å². The van der Waals surface area contributed by atoms with Crippen LogP contribution >= 0.6 is 0 Å². The summed E-state index contributed by atoms with van der Waals surface area (Å²) in [6.07, 6.45) is 6.15. The first-order chi connectivity index (χ1) is 6.29. The molecule has 0 aromatic carbocycles. The molecule has 0 saturated carbocycles. The molecule has 2 unspecified atom stereocenters. The third-order valence-corrected chi connectivity index (χ3v) is 3.00. The van der Waals surface area contributed by atoms with E-state index in [0.29, 0.717) is 5.92 Å². The van der Waals surface area contributed by atoms with Gasteiger partial charge in [0.15, 0.2) is 5.78 Å². The van der Waals surface area contributed by atoms with Crippen molar-refractivity contribution in [3.05, 3.63) is 11.6 Å². The van der Waals surface area contributed by atoms with Crippen LogP contribution in [0.1, 0.15) is 32.6 Å². The van der Waals surface area contributed by atoms with Crippen LogP contribution in [0, 0.1) is 5.92 Å². The Hall–Kier alpha value is -0.630. The largest absolute Gasteiger partial charge is 0.370 e. The van der Waals surface area contributed by atoms with Gasteiger partial charge in [-0.3, -0.25) is 4.79 Å². The summed E-state index contributed by atoms with van der Waals surface area (Å²) in [7, 11) is 0. The lowest BCUT2D eigenvalue weighted by Crippen LogP contribution is -2.26. The molecule has 2 heteroatoms. The van der Waals surface area contributed by atoms with Crippen LogP contribution in [0.5, 0.6) is 0 Å². The molecule has 1 aliphatic carbocycles. The minimum absolute atomic E-state index is 0.135. The molecule has 1 heterocycles. The Morgan fingerprint density at radius 1 is 1.62 bits per heavy atom. The van der Waals surface area contributed by atoms with Gasteiger partial charge in [0.1, 0.15) is 6.10 Å². The van der Waals surface area contributed by atoms with Crippen LogP contribution in [0.4, 0.5) is 0 Å². The molecule has 2 atom stereocenters. The molecule has 2 aliphatic rings. The molecule has 0 radical (unpaired) electrons. The summed E-state index contributed by atoms with van der Waals surface area (Å²) in [5.74, 6) is 0.663. The van der Waals surface area contributed by atoms with E-state index in [-0.39, 0.29) is 11.9 Å². The normalized spacial score (nSPS) is 33.5. The minimum Gasteiger partial charge on any atom is -0.370 e. The van der Waals surface area contributed by atoms with Crippen LogP contribution in [0.3, 0.4) is 0 Å². The number of allylic oxidation sites excluding steroid dienone is 1. The van der Waals surface area contributed by atoms with Crippen LogP contribution in [0.2, 0.25) is 0 Å². The highest BCUT2D eigenvalue weighted by Crippen LogP contribution is 2.27. The van der Waals surface area contributed by atoms with E-state index in [1.165, 1.54) is 0 Å². The Balaban J connectivity index is 2.03. The van der Waals surface area contributed by atoms with E-state index in [1.807, 2.05) is 0 Å². The van der Waals surface area contributed by atoms with E-state index >= 15 is 0 Å². The van der Waals surface area contributed by atoms with E-state index < -0.39 is 0 Å². The summed E-state index contributed by atoms with van der Waals surface area (Å²) in [4.78, 5) is 11.9. The zero-order valence-corrected chi connectivity index (χ0v) is 8.08. The van der Waals surface area contributed by atoms with Gasteiger partial charge in [0.25, 0.3) is 0 Å². The second kappa shape index (κ2) is 3.62. The lowest BCUT2D eigenvalue weighted by atomic mass is 9.96. The lowest BCUT2D eigenvalue weighted by Gasteiger charge is -2.13. The number of hydrogen-bond donors (Lipinski definition) is 0. The summed E-state index contributed by atoms with van der Waals surface area (Å²) in [6.45, 7) is 2.86. The van der Waals surface area contributed by atoms with Gasteiger partial charge >= 0.3 is 0 Å². The zero-order valence-electron chi connectivity index (χ0n) is 8.08. The molecule has 0 bridgehead atoms. The average molecular weight is 180 g/mol. The van der Waals surface area contributed by atoms with Crippen LogP contribution in [-0.2, 0) is 9.53 Å². The predicted octanol–water partition coefficient (Wildman–Crippen LogP) is 2.09. The van der Waals surface area contributed by atoms with Gasteiger partial charge in [0, 0.05) is 6.61 Å². The topological polar surface area (TPSA) is 26.3 Å². The second-order valence-electron chi connectivity index (χ2n) is 4.04. The number of ketones is 1. The monoisotopic (exact) mass is 180 g/mol. The summed E-state index contributed by atoms with van der Waals surface area (Å²) in [5.41, 5.74) is 1.01. The number of rotatable bonds is 2. The maximum atomic E-state index is 11.9. The maximum absolute atomic E-state index is 11.9. The smallest absolute Gasteiger partial charge is 0.187 e. The molecule has 0 N–H and O–H groups in total. The number of Topliss-reactive ketones (excluding diaryl/α,β-unsaturated/α-hetero) is 1. The van der Waals surface area contributed by atoms with E-state index in [0.717, 1.165) is 37.9 Å². The Bertz CT molecular complexity index is 242. The summed E-state index contributed by atoms with van der Waals surface area (Å²) in [5, 5.41) is 0. The molecule has 0 amide bonds. The molecular weight excluding hydrogens is 164 g/mol. The molecule has 2 nitrogen and oxygen atoms in total. The highest BCUT2D eigenvalue weighted by Gasteiger charge is 2.32. The molecule has 1 aliphatic heterocycles. The highest BCUT2D eigenvalue weighted by molar-refractivity contribution is 5.99. The van der Waals surface area contributed by atoms with Crippen molar-refractivity contribution < 1.29 is 9.53 Å². The van der Waals surface area contributed by atoms with Gasteiger partial charge in [-0.1, -0.05) is 13.0 Å². The summed E-state index contributed by atoms with van der Waals surface area (Å²) >= 11 is 0. The lowest BCUT2D eigenvalue weighted by molar-refractivity contribution is -0.125. The van der Waals surface area contributed by atoms with Crippen LogP contribution < -0.4 is 0 Å². The van der Waals surface area contributed by atoms with Gasteiger partial charge in [-0.25, -0.2) is 0 Å². The number of carbonyl (C=O) groups is 1. The first-order valence-corrected chi connectivity index (χ1v) is 5.14. The predicted molar refractivity (Wildman–Crippen MR) is 50.5 cm³/mol. The third kappa shape index (κ3) is 1.68. The molecular formula is C11H16O2. The number of ether oxygens (including phenoxy) is 1. The van der Waals surface area contributed by atoms with Crippen LogP contribution in [0.15, 0.2) is 11.6 Å². The van der Waals surface area contributed by atoms with E-state index in [2.05, 4.69) is 13.0 Å². The van der Waals surface area contributed by atoms with Gasteiger partial charge in [-0.15, -0.1) is 0 Å². The molecule has 72 valence electrons. The van der Waals surface area contributed by atoms with E-state index in [9.17, 15) is 4.79 Å². The Morgan fingerprint density at radius 2 is 2.46 bits per heavy atom. The van der Waals surface area contributed by atoms with Gasteiger partial charge in [0.2, 0.25) is 0 Å². The first-order valence-electron chi connectivity index (χ1n) is 5.14. The minimum atomic E-state index is -0.135. The van der Waals surface area contributed by atoms with Crippen molar-refractivity contribution in [2.24, 2.45) is 5.92 Å². The van der Waals surface area contributed by atoms with Crippen molar-refractivity contribution in [1.82, 2.24) is 0 Å². The molecule has 1 fully saturated rings. The van der Waals surface area contributed by atoms with Gasteiger partial charge in [-0.2, -0.15) is 0 Å². The van der Waals surface area contributed by atoms with Crippen molar-refractivity contribution in [3.63, 3.8) is 0 Å². The van der Waals surface area contributed by atoms with Gasteiger partial charge in [0.05, 0.1) is 0 Å². The molecule has 2 rings (SSSR count). The average Bonchev–Trinajstić information content (AvgIpc) is 2.72. The molecule has 0 aromatic heterocycles. The second-order valence-corrected chi connectivity index (χ2v) is 4.04. The fourth-order valence-corrected chi connectivity index (χ4v) is 2.11. The van der Waals surface area contributed by atoms with Crippen molar-refractivity contribution in [3.8, 4) is 0 Å². The molecule has 13 heavy (non-hydrogen) atoms. The van der Waals surface area contributed by atoms with E-state index in [4.69, 9.17) is 4.74 Å². The summed E-state index contributed by atoms with van der Waals surface area (Å²) < 4.78 is 5.45. The molecule has 0 spiro atoms. The van der Waals surface area contributed by atoms with Gasteiger partial charge < -0.3 is 4.74 Å². The highest BCUT2D eigenvalue weighted by atomic mass is 16.5. The molecule has 0 aromatic rings. The standard InChI is InChI=1S/C11H16O2/c1-8-6-7-13-11(8)10(12)9-4-2-3-5-9/h4,8,11H,2-3,5-7H2,1H3. The van der Waals surface area contributed by atoms with Crippen LogP contribution in [0.25, 0.3) is 0 Å². The van der Waals surface area contributed by atoms with Crippen LogP contribution in [-0.4, -0.2) is 18.5 Å². The van der Waals surface area contributed by atoms with Crippen molar-refractivity contribution in [2.45, 2.75) is 38.7 Å². The van der Waals surface area contributed by atoms with Crippen molar-refractivity contribution in [1.29, 1.82) is 0 Å². The Morgan fingerprint density at radius 3 is 3.00 bits per heavy atom. The quantitative estimate of drug-likeness (QED) is 0.650. The third-order valence-electron chi connectivity index (χ3n) is 3.00. The fourth-order valence-electron chi connectivity index (χ4n) is 2.11. The number of hydrogen-bond acceptors (Lipinski definition) is 2. The molecule has 1 saturated heterocycles. The zero-order chi connectivity index (χ0) is 9.26. The van der Waals surface area contributed by atoms with E-state index in [1.54, 1.807) is 0 Å². The Labute approximate surface area is 79.0 Å². The van der Waals surface area contributed by atoms with Crippen molar-refractivity contribution in [2.75, 3.05) is 6.61 Å². The number of carbonyl (C=O) groups excluding carboxylic acids is 1. The first kappa shape index (κ1) is 8.95. The summed E-state index contributed by atoms with van der Waals surface area (Å²) in [6, 6.07) is 0.